The average Bonchev–Trinajstić information content (AvgIpc) is 1.83. The summed E-state index contributed by atoms with van der Waals surface area (Å²) < 4.78 is 34.3. The van der Waals surface area contributed by atoms with Gasteiger partial charge in [-0.25, -0.2) is 0 Å². The van der Waals surface area contributed by atoms with Crippen molar-refractivity contribution in [1.29, 1.82) is 0 Å². The smallest absolute Gasteiger partial charge is 0.220 e. The van der Waals surface area contributed by atoms with Gasteiger partial charge in [0.15, 0.2) is 18.9 Å². The molecule has 17 unspecified atom stereocenters. The second-order valence-electron chi connectivity index (χ2n) is 24.3. The monoisotopic (exact) mass is 1230 g/mol. The summed E-state index contributed by atoms with van der Waals surface area (Å²) >= 11 is 0. The van der Waals surface area contributed by atoms with E-state index in [9.17, 15) is 61.0 Å². The molecule has 0 aromatic rings. The molecule has 86 heavy (non-hydrogen) atoms. The van der Waals surface area contributed by atoms with Crippen LogP contribution < -0.4 is 5.32 Å². The van der Waals surface area contributed by atoms with E-state index >= 15 is 0 Å². The zero-order valence-corrected chi connectivity index (χ0v) is 52.8. The minimum Gasteiger partial charge on any atom is -0.394 e. The van der Waals surface area contributed by atoms with E-state index in [1.807, 2.05) is 6.08 Å². The van der Waals surface area contributed by atoms with Gasteiger partial charge in [0.2, 0.25) is 5.91 Å². The Balaban J connectivity index is 1.46. The molecule has 17 atom stereocenters. The summed E-state index contributed by atoms with van der Waals surface area (Å²) in [5.74, 6) is -0.287. The van der Waals surface area contributed by atoms with Gasteiger partial charge in [-0.2, -0.15) is 0 Å². The standard InChI is InChI=1S/C67H121NO18/c1-3-5-7-9-11-13-15-17-19-21-23-24-25-26-27-29-31-33-35-37-39-41-43-45-55(73)68-50(51(72)44-42-40-38-36-34-32-30-28-22-20-18-16-14-12-10-8-6-4-2)49-81-65-61(79)58(76)63(53(47-70)83-65)86-67-62(80)59(77)64(54(48-71)84-67)85-66-60(78)57(75)56(74)52(46-69)82-66/h15,17,21,23,34,36,42,44,50-54,56-67,69-72,74-80H,3-14,16,18-20,22,24-33,35,37-41,43,45-49H2,1-2H3,(H,68,73)/b17-15-,23-21-,36-34+,44-42+. The normalized spacial score (nSPS) is 29.1. The molecule has 12 N–H and O–H groups in total. The van der Waals surface area contributed by atoms with Crippen LogP contribution >= 0.6 is 0 Å². The number of unbranched alkanes of at least 4 members (excludes halogenated alkanes) is 29. The van der Waals surface area contributed by atoms with Gasteiger partial charge in [0.05, 0.1) is 38.6 Å². The Morgan fingerprint density at radius 1 is 0.419 bits per heavy atom. The third kappa shape index (κ3) is 31.7. The van der Waals surface area contributed by atoms with Crippen molar-refractivity contribution in [3.8, 4) is 0 Å². The molecule has 3 saturated heterocycles. The van der Waals surface area contributed by atoms with E-state index in [1.165, 1.54) is 154 Å². The molecular weight excluding hydrogens is 1110 g/mol. The van der Waals surface area contributed by atoms with Crippen molar-refractivity contribution in [2.45, 2.75) is 343 Å². The van der Waals surface area contributed by atoms with Crippen LogP contribution in [-0.2, 0) is 33.2 Å². The highest BCUT2D eigenvalue weighted by Gasteiger charge is 2.53. The van der Waals surface area contributed by atoms with E-state index < -0.39 is 124 Å². The van der Waals surface area contributed by atoms with Gasteiger partial charge in [-0.15, -0.1) is 0 Å². The lowest BCUT2D eigenvalue weighted by atomic mass is 9.96. The highest BCUT2D eigenvalue weighted by atomic mass is 16.8. The second-order valence-corrected chi connectivity index (χ2v) is 24.3. The average molecular weight is 1230 g/mol. The lowest BCUT2D eigenvalue weighted by Crippen LogP contribution is -2.66. The van der Waals surface area contributed by atoms with Gasteiger partial charge in [-0.3, -0.25) is 4.79 Å². The van der Waals surface area contributed by atoms with Crippen molar-refractivity contribution in [2.24, 2.45) is 0 Å². The predicted octanol–water partition coefficient (Wildman–Crippen LogP) is 8.22. The largest absolute Gasteiger partial charge is 0.394 e. The molecular formula is C67H121NO18. The van der Waals surface area contributed by atoms with Crippen molar-refractivity contribution < 1.29 is 89.4 Å². The number of rotatable bonds is 51. The van der Waals surface area contributed by atoms with E-state index in [-0.39, 0.29) is 18.9 Å². The number of hydrogen-bond donors (Lipinski definition) is 12. The summed E-state index contributed by atoms with van der Waals surface area (Å²) in [6.45, 7) is 1.71. The molecule has 19 nitrogen and oxygen atoms in total. The first kappa shape index (κ1) is 78.0. The molecule has 0 aromatic carbocycles. The Hall–Kier alpha value is -2.25. The Labute approximate surface area is 516 Å². The molecule has 0 bridgehead atoms. The second kappa shape index (κ2) is 49.5. The van der Waals surface area contributed by atoms with E-state index in [0.29, 0.717) is 12.8 Å². The molecule has 0 saturated carbocycles. The van der Waals surface area contributed by atoms with Crippen LogP contribution in [0.15, 0.2) is 48.6 Å². The Bertz CT molecular complexity index is 1750. The highest BCUT2D eigenvalue weighted by Crippen LogP contribution is 2.33. The molecule has 3 aliphatic rings. The van der Waals surface area contributed by atoms with Crippen LogP contribution in [-0.4, -0.2) is 193 Å². The van der Waals surface area contributed by atoms with Crippen molar-refractivity contribution in [2.75, 3.05) is 26.4 Å². The summed E-state index contributed by atoms with van der Waals surface area (Å²) in [5.41, 5.74) is 0. The molecule has 3 heterocycles. The fourth-order valence-corrected chi connectivity index (χ4v) is 11.3. The summed E-state index contributed by atoms with van der Waals surface area (Å²) in [4.78, 5) is 13.4. The van der Waals surface area contributed by atoms with Gasteiger partial charge in [-0.1, -0.05) is 217 Å². The molecule has 3 rings (SSSR count). The van der Waals surface area contributed by atoms with Crippen LogP contribution in [0.25, 0.3) is 0 Å². The molecule has 0 aliphatic carbocycles. The van der Waals surface area contributed by atoms with E-state index in [0.717, 1.165) is 51.4 Å². The van der Waals surface area contributed by atoms with Crippen LogP contribution in [0.4, 0.5) is 0 Å². The van der Waals surface area contributed by atoms with Crippen molar-refractivity contribution in [1.82, 2.24) is 5.32 Å². The zero-order valence-electron chi connectivity index (χ0n) is 52.8. The van der Waals surface area contributed by atoms with Gasteiger partial charge in [0.1, 0.15) is 73.2 Å². The summed E-state index contributed by atoms with van der Waals surface area (Å²) in [5, 5.41) is 120. The SMILES string of the molecule is CCCCCCC/C=C\C/C=C\CCCCCCCCCCCCCC(=O)NC(COC1OC(CO)C(OC2OC(CO)C(OC3OC(CO)C(O)C(O)C3O)C(O)C2O)C(O)C1O)C(O)/C=C/CC/C=C/CCCCCCCCCCCCCC. The summed E-state index contributed by atoms with van der Waals surface area (Å²) in [7, 11) is 0. The van der Waals surface area contributed by atoms with Gasteiger partial charge >= 0.3 is 0 Å². The summed E-state index contributed by atoms with van der Waals surface area (Å²) in [6, 6.07) is -0.992. The maximum absolute atomic E-state index is 13.4. The minimum atomic E-state index is -1.98. The quantitative estimate of drug-likeness (QED) is 0.0202. The van der Waals surface area contributed by atoms with Crippen molar-refractivity contribution in [3.63, 3.8) is 0 Å². The van der Waals surface area contributed by atoms with Crippen LogP contribution in [0, 0.1) is 0 Å². The third-order valence-electron chi connectivity index (χ3n) is 16.8. The van der Waals surface area contributed by atoms with Gasteiger partial charge in [0.25, 0.3) is 0 Å². The van der Waals surface area contributed by atoms with Gasteiger partial charge < -0.3 is 89.9 Å². The van der Waals surface area contributed by atoms with Crippen LogP contribution in [0.5, 0.6) is 0 Å². The maximum Gasteiger partial charge on any atom is 0.220 e. The number of amides is 1. The lowest BCUT2D eigenvalue weighted by Gasteiger charge is -2.48. The van der Waals surface area contributed by atoms with E-state index in [1.54, 1.807) is 6.08 Å². The predicted molar refractivity (Wildman–Crippen MR) is 332 cm³/mol. The highest BCUT2D eigenvalue weighted by molar-refractivity contribution is 5.76. The van der Waals surface area contributed by atoms with Gasteiger partial charge in [0, 0.05) is 6.42 Å². The van der Waals surface area contributed by atoms with Crippen LogP contribution in [0.2, 0.25) is 0 Å². The van der Waals surface area contributed by atoms with E-state index in [4.69, 9.17) is 28.4 Å². The molecule has 502 valence electrons. The molecule has 0 aromatic heterocycles. The van der Waals surface area contributed by atoms with E-state index in [2.05, 4.69) is 55.6 Å². The number of aliphatic hydroxyl groups is 11. The number of nitrogens with one attached hydrogen (secondary N) is 1. The molecule has 3 aliphatic heterocycles. The zero-order chi connectivity index (χ0) is 62.6. The molecule has 3 fully saturated rings. The number of allylic oxidation sites excluding steroid dienone is 7. The number of carbonyl (C=O) groups excluding carboxylic acids is 1. The fourth-order valence-electron chi connectivity index (χ4n) is 11.3. The van der Waals surface area contributed by atoms with Crippen molar-refractivity contribution in [3.05, 3.63) is 48.6 Å². The first-order valence-electron chi connectivity index (χ1n) is 33.9. The lowest BCUT2D eigenvalue weighted by molar-refractivity contribution is -0.379. The van der Waals surface area contributed by atoms with Crippen molar-refractivity contribution >= 4 is 5.91 Å². The molecule has 1 amide bonds. The number of carbonyl (C=O) groups is 1. The molecule has 0 radical (unpaired) electrons. The molecule has 0 spiro atoms. The molecule has 19 heteroatoms. The first-order chi connectivity index (χ1) is 41.8. The summed E-state index contributed by atoms with van der Waals surface area (Å²) in [6.07, 6.45) is 30.8. The Kier molecular flexibility index (Phi) is 44.8. The minimum absolute atomic E-state index is 0.233. The maximum atomic E-state index is 13.4. The Morgan fingerprint density at radius 2 is 0.779 bits per heavy atom. The third-order valence-corrected chi connectivity index (χ3v) is 16.8. The Morgan fingerprint density at radius 3 is 1.23 bits per heavy atom. The number of hydrogen-bond acceptors (Lipinski definition) is 18. The van der Waals surface area contributed by atoms with Crippen LogP contribution in [0.3, 0.4) is 0 Å². The topological polar surface area (TPSA) is 307 Å². The van der Waals surface area contributed by atoms with Gasteiger partial charge in [-0.05, 0) is 64.2 Å². The first-order valence-corrected chi connectivity index (χ1v) is 33.9. The van der Waals surface area contributed by atoms with Crippen LogP contribution in [0.1, 0.15) is 239 Å². The number of ether oxygens (including phenoxy) is 6. The fraction of sp³-hybridized carbons (Fsp3) is 0.866. The number of aliphatic hydroxyl groups excluding tert-OH is 11.